The Bertz CT molecular complexity index is 2010. The van der Waals surface area contributed by atoms with Crippen LogP contribution in [0, 0.1) is 11.3 Å². The van der Waals surface area contributed by atoms with E-state index < -0.39 is 36.5 Å². The second kappa shape index (κ2) is 27.6. The number of aliphatic hydroxyl groups excluding tert-OH is 2. The van der Waals surface area contributed by atoms with Gasteiger partial charge in [-0.25, -0.2) is 14.4 Å². The van der Waals surface area contributed by atoms with Gasteiger partial charge < -0.3 is 33.9 Å². The average Bonchev–Trinajstić information content (AvgIpc) is 3.32. The Labute approximate surface area is 394 Å². The first-order valence-corrected chi connectivity index (χ1v) is 24.0. The number of rotatable bonds is 29. The number of carbonyl (C=O) groups is 3. The van der Waals surface area contributed by atoms with Crippen molar-refractivity contribution in [2.75, 3.05) is 52.9 Å². The van der Waals surface area contributed by atoms with Crippen molar-refractivity contribution in [2.24, 2.45) is 11.3 Å². The van der Waals surface area contributed by atoms with Crippen LogP contribution in [0.3, 0.4) is 0 Å². The van der Waals surface area contributed by atoms with Crippen molar-refractivity contribution in [3.05, 3.63) is 113 Å². The summed E-state index contributed by atoms with van der Waals surface area (Å²) in [6.07, 6.45) is 13.3. The molecule has 0 aromatic heterocycles. The molecule has 1 aliphatic rings. The van der Waals surface area contributed by atoms with E-state index in [0.717, 1.165) is 40.2 Å². The SMILES string of the molecule is C=C(C)C(=O)OCCCc1cc(-c2ccc(-c3ccc(C4CCC(CCCCC)CC4)cc3)cc2CC)cc(CCCOC(=O)C(=C)C)c1OCC(CO)(CO)COCCOC(=O)C(=C)C. The molecule has 4 rings (SSSR count). The minimum absolute atomic E-state index is 0.0196. The van der Waals surface area contributed by atoms with Gasteiger partial charge in [0.2, 0.25) is 0 Å². The van der Waals surface area contributed by atoms with Gasteiger partial charge in [0.25, 0.3) is 0 Å². The van der Waals surface area contributed by atoms with Crippen LogP contribution in [0.5, 0.6) is 5.75 Å². The first-order valence-electron chi connectivity index (χ1n) is 24.0. The Balaban J connectivity index is 1.66. The molecule has 360 valence electrons. The zero-order valence-electron chi connectivity index (χ0n) is 40.5. The molecule has 0 amide bonds. The predicted octanol–water partition coefficient (Wildman–Crippen LogP) is 11.0. The van der Waals surface area contributed by atoms with Gasteiger partial charge >= 0.3 is 17.9 Å². The van der Waals surface area contributed by atoms with Gasteiger partial charge in [-0.1, -0.05) is 102 Å². The van der Waals surface area contributed by atoms with Gasteiger partial charge in [-0.3, -0.25) is 0 Å². The maximum absolute atomic E-state index is 12.3. The number of aryl methyl sites for hydroxylation is 3. The molecule has 0 atom stereocenters. The van der Waals surface area contributed by atoms with E-state index >= 15 is 0 Å². The lowest BCUT2D eigenvalue weighted by Gasteiger charge is -2.30. The number of esters is 3. The van der Waals surface area contributed by atoms with Crippen LogP contribution in [0.4, 0.5) is 0 Å². The highest BCUT2D eigenvalue weighted by atomic mass is 16.6. The van der Waals surface area contributed by atoms with Crippen molar-refractivity contribution in [1.29, 1.82) is 0 Å². The van der Waals surface area contributed by atoms with E-state index in [9.17, 15) is 24.6 Å². The van der Waals surface area contributed by atoms with Gasteiger partial charge in [0.15, 0.2) is 0 Å². The molecule has 0 unspecified atom stereocenters. The quantitative estimate of drug-likeness (QED) is 0.0300. The van der Waals surface area contributed by atoms with Crippen molar-refractivity contribution in [3.63, 3.8) is 0 Å². The van der Waals surface area contributed by atoms with Crippen LogP contribution in [-0.2, 0) is 52.6 Å². The van der Waals surface area contributed by atoms with E-state index in [1.165, 1.54) is 68.1 Å². The van der Waals surface area contributed by atoms with Crippen LogP contribution < -0.4 is 4.74 Å². The van der Waals surface area contributed by atoms with Crippen LogP contribution in [0.25, 0.3) is 22.3 Å². The molecule has 2 N–H and O–H groups in total. The van der Waals surface area contributed by atoms with Crippen molar-refractivity contribution in [3.8, 4) is 28.0 Å². The van der Waals surface area contributed by atoms with Gasteiger partial charge in [0.05, 0.1) is 45.1 Å². The topological polar surface area (TPSA) is 138 Å². The Morgan fingerprint density at radius 2 is 1.15 bits per heavy atom. The molecule has 1 saturated carbocycles. The molecule has 0 saturated heterocycles. The Hall–Kier alpha value is -5.03. The molecule has 1 fully saturated rings. The van der Waals surface area contributed by atoms with Crippen LogP contribution in [-0.4, -0.2) is 81.0 Å². The molecule has 66 heavy (non-hydrogen) atoms. The normalized spacial score (nSPS) is 14.9. The second-order valence-corrected chi connectivity index (χ2v) is 18.3. The fourth-order valence-electron chi connectivity index (χ4n) is 8.44. The molecule has 3 aromatic carbocycles. The monoisotopic (exact) mass is 909 g/mol. The molecule has 0 spiro atoms. The van der Waals surface area contributed by atoms with Gasteiger partial charge in [-0.2, -0.15) is 0 Å². The predicted molar refractivity (Wildman–Crippen MR) is 262 cm³/mol. The molecule has 10 nitrogen and oxygen atoms in total. The van der Waals surface area contributed by atoms with Crippen molar-refractivity contribution < 1.29 is 48.3 Å². The number of benzene rings is 3. The summed E-state index contributed by atoms with van der Waals surface area (Å²) >= 11 is 0. The number of aliphatic hydroxyl groups is 2. The summed E-state index contributed by atoms with van der Waals surface area (Å²) in [7, 11) is 0. The summed E-state index contributed by atoms with van der Waals surface area (Å²) in [6.45, 7) is 19.5. The lowest BCUT2D eigenvalue weighted by Crippen LogP contribution is -2.41. The molecule has 0 radical (unpaired) electrons. The molecule has 1 aliphatic carbocycles. The Morgan fingerprint density at radius 3 is 1.67 bits per heavy atom. The van der Waals surface area contributed by atoms with Crippen LogP contribution in [0.1, 0.15) is 127 Å². The van der Waals surface area contributed by atoms with E-state index in [2.05, 4.69) is 88.2 Å². The lowest BCUT2D eigenvalue weighted by molar-refractivity contribution is -0.141. The minimum Gasteiger partial charge on any atom is -0.492 e. The van der Waals surface area contributed by atoms with Gasteiger partial charge in [0, 0.05) is 16.7 Å². The number of ether oxygens (including phenoxy) is 5. The van der Waals surface area contributed by atoms with Crippen LogP contribution >= 0.6 is 0 Å². The highest BCUT2D eigenvalue weighted by molar-refractivity contribution is 5.87. The fraction of sp³-hybridized carbons (Fsp3) is 0.518. The standard InChI is InChI=1S/C56H76O10/c1-9-11-12-15-42-18-20-44(21-19-42)45-22-24-46(25-23-45)47-26-27-51(43(10-2)32-47)50-33-48(16-13-28-63-53(59)39(3)4)52(49(34-50)17-14-29-64-54(60)40(5)6)66-38-56(35-57,36-58)37-62-30-31-65-55(61)41(7)8/h22-27,32-34,42,44,57-58H,3,5,7,9-21,28-31,35-38H2,1-2,4,6,8H3. The number of unbranched alkanes of at least 4 members (excludes halogenated alkanes) is 2. The summed E-state index contributed by atoms with van der Waals surface area (Å²) < 4.78 is 28.5. The summed E-state index contributed by atoms with van der Waals surface area (Å²) in [4.78, 5) is 36.4. The maximum Gasteiger partial charge on any atom is 0.333 e. The van der Waals surface area contributed by atoms with E-state index in [1.807, 2.05) is 0 Å². The molecular formula is C56H76O10. The van der Waals surface area contributed by atoms with Crippen molar-refractivity contribution in [1.82, 2.24) is 0 Å². The fourth-order valence-corrected chi connectivity index (χ4v) is 8.44. The highest BCUT2D eigenvalue weighted by Crippen LogP contribution is 2.40. The third kappa shape index (κ3) is 16.4. The van der Waals surface area contributed by atoms with Crippen molar-refractivity contribution >= 4 is 17.9 Å². The van der Waals surface area contributed by atoms with Gasteiger partial charge in [-0.05, 0) is 147 Å². The van der Waals surface area contributed by atoms with E-state index in [4.69, 9.17) is 23.7 Å². The summed E-state index contributed by atoms with van der Waals surface area (Å²) in [6, 6.07) is 20.0. The third-order valence-electron chi connectivity index (χ3n) is 12.6. The average molecular weight is 909 g/mol. The Morgan fingerprint density at radius 1 is 0.621 bits per heavy atom. The van der Waals surface area contributed by atoms with E-state index in [0.29, 0.717) is 48.5 Å². The lowest BCUT2D eigenvalue weighted by atomic mass is 9.77. The minimum atomic E-state index is -1.20. The molecule has 3 aromatic rings. The van der Waals surface area contributed by atoms with E-state index in [-0.39, 0.29) is 45.2 Å². The molecule has 10 heteroatoms. The van der Waals surface area contributed by atoms with Gasteiger partial charge in [0.1, 0.15) is 19.0 Å². The molecule has 0 heterocycles. The zero-order valence-corrected chi connectivity index (χ0v) is 40.5. The summed E-state index contributed by atoms with van der Waals surface area (Å²) in [5, 5.41) is 21.2. The maximum atomic E-state index is 12.3. The molecular weight excluding hydrogens is 833 g/mol. The number of carbonyl (C=O) groups excluding carboxylic acids is 3. The number of hydrogen-bond donors (Lipinski definition) is 2. The summed E-state index contributed by atoms with van der Waals surface area (Å²) in [5.74, 6) is 0.627. The van der Waals surface area contributed by atoms with Crippen LogP contribution in [0.2, 0.25) is 0 Å². The first kappa shape index (κ1) is 53.6. The van der Waals surface area contributed by atoms with Crippen LogP contribution in [0.15, 0.2) is 91.1 Å². The highest BCUT2D eigenvalue weighted by Gasteiger charge is 2.32. The van der Waals surface area contributed by atoms with E-state index in [1.54, 1.807) is 20.8 Å². The smallest absolute Gasteiger partial charge is 0.333 e. The second-order valence-electron chi connectivity index (χ2n) is 18.3. The van der Waals surface area contributed by atoms with Crippen molar-refractivity contribution in [2.45, 2.75) is 124 Å². The number of hydrogen-bond acceptors (Lipinski definition) is 10. The molecule has 0 bridgehead atoms. The summed E-state index contributed by atoms with van der Waals surface area (Å²) in [5.41, 5.74) is 8.42. The zero-order chi connectivity index (χ0) is 48.1. The Kier molecular flexibility index (Phi) is 22.4. The largest absolute Gasteiger partial charge is 0.492 e. The first-order chi connectivity index (χ1) is 31.7. The van der Waals surface area contributed by atoms with Gasteiger partial charge in [-0.15, -0.1) is 0 Å². The third-order valence-corrected chi connectivity index (χ3v) is 12.6. The molecule has 0 aliphatic heterocycles.